The van der Waals surface area contributed by atoms with Crippen molar-refractivity contribution in [3.05, 3.63) is 77.1 Å². The van der Waals surface area contributed by atoms with Crippen LogP contribution in [0.3, 0.4) is 0 Å². The van der Waals surface area contributed by atoms with Crippen molar-refractivity contribution in [3.63, 3.8) is 0 Å². The van der Waals surface area contributed by atoms with E-state index in [0.29, 0.717) is 39.0 Å². The minimum Gasteiger partial charge on any atom is -0.507 e. The number of Topliss-reactive ketones (excluding diaryl/α,β-unsaturated/α-hetero) is 1. The lowest BCUT2D eigenvalue weighted by molar-refractivity contribution is -0.132. The first kappa shape index (κ1) is 24.3. The lowest BCUT2D eigenvalue weighted by Gasteiger charge is -2.24. The SMILES string of the molecule is COc1cc(C2/C(=C(\O)c3ccncc3)C(=O)C(=O)N2c2nc3ccc(C)cc3s2)cc(OC)c1OC. The maximum absolute atomic E-state index is 13.5. The van der Waals surface area contributed by atoms with E-state index < -0.39 is 17.7 Å². The minimum atomic E-state index is -1.01. The number of anilines is 1. The van der Waals surface area contributed by atoms with Gasteiger partial charge in [-0.25, -0.2) is 4.98 Å². The molecule has 10 heteroatoms. The third kappa shape index (κ3) is 4.05. The molecule has 0 aliphatic carbocycles. The van der Waals surface area contributed by atoms with Crippen molar-refractivity contribution in [3.8, 4) is 17.2 Å². The fraction of sp³-hybridized carbons (Fsp3) is 0.185. The molecule has 0 saturated carbocycles. The highest BCUT2D eigenvalue weighted by Gasteiger charge is 2.48. The number of pyridine rings is 1. The second-order valence-electron chi connectivity index (χ2n) is 8.33. The van der Waals surface area contributed by atoms with Crippen molar-refractivity contribution in [2.24, 2.45) is 0 Å². The summed E-state index contributed by atoms with van der Waals surface area (Å²) in [4.78, 5) is 36.9. The Morgan fingerprint density at radius 3 is 2.27 bits per heavy atom. The van der Waals surface area contributed by atoms with Gasteiger partial charge in [-0.3, -0.25) is 19.5 Å². The summed E-state index contributed by atoms with van der Waals surface area (Å²) in [5.41, 5.74) is 2.49. The Kier molecular flexibility index (Phi) is 6.26. The van der Waals surface area contributed by atoms with Crippen LogP contribution in [0, 0.1) is 6.92 Å². The number of carbonyl (C=O) groups excluding carboxylic acids is 2. The number of thiazole rings is 1. The van der Waals surface area contributed by atoms with Crippen LogP contribution in [0.5, 0.6) is 17.2 Å². The van der Waals surface area contributed by atoms with E-state index in [0.717, 1.165) is 10.3 Å². The predicted molar refractivity (Wildman–Crippen MR) is 139 cm³/mol. The minimum absolute atomic E-state index is 0.0825. The third-order valence-corrected chi connectivity index (χ3v) is 7.16. The molecule has 1 aliphatic rings. The molecule has 0 bridgehead atoms. The molecule has 5 rings (SSSR count). The van der Waals surface area contributed by atoms with E-state index in [1.54, 1.807) is 24.3 Å². The van der Waals surface area contributed by atoms with Crippen LogP contribution in [0.4, 0.5) is 5.13 Å². The predicted octanol–water partition coefficient (Wildman–Crippen LogP) is 4.65. The molecule has 3 heterocycles. The number of hydrogen-bond donors (Lipinski definition) is 1. The molecule has 0 spiro atoms. The fourth-order valence-corrected chi connectivity index (χ4v) is 5.48. The molecule has 2 aromatic carbocycles. The van der Waals surface area contributed by atoms with Crippen LogP contribution in [-0.4, -0.2) is 48.1 Å². The number of ketones is 1. The summed E-state index contributed by atoms with van der Waals surface area (Å²) in [6.07, 6.45) is 2.99. The molecular formula is C27H23N3O6S. The highest BCUT2D eigenvalue weighted by Crippen LogP contribution is 2.48. The Morgan fingerprint density at radius 2 is 1.65 bits per heavy atom. The first-order valence-electron chi connectivity index (χ1n) is 11.3. The summed E-state index contributed by atoms with van der Waals surface area (Å²) >= 11 is 1.29. The summed E-state index contributed by atoms with van der Waals surface area (Å²) in [7, 11) is 4.44. The molecule has 2 aromatic heterocycles. The van der Waals surface area contributed by atoms with Crippen LogP contribution < -0.4 is 19.1 Å². The zero-order valence-electron chi connectivity index (χ0n) is 20.5. The molecule has 1 N–H and O–H groups in total. The zero-order valence-corrected chi connectivity index (χ0v) is 21.3. The first-order valence-corrected chi connectivity index (χ1v) is 12.1. The van der Waals surface area contributed by atoms with E-state index in [2.05, 4.69) is 9.97 Å². The maximum Gasteiger partial charge on any atom is 0.301 e. The van der Waals surface area contributed by atoms with Gasteiger partial charge in [0.1, 0.15) is 5.76 Å². The summed E-state index contributed by atoms with van der Waals surface area (Å²) in [6, 6.07) is 11.2. The summed E-state index contributed by atoms with van der Waals surface area (Å²) in [6.45, 7) is 1.97. The van der Waals surface area contributed by atoms with Crippen LogP contribution in [0.2, 0.25) is 0 Å². The Morgan fingerprint density at radius 1 is 0.973 bits per heavy atom. The molecule has 1 unspecified atom stereocenters. The largest absolute Gasteiger partial charge is 0.507 e. The van der Waals surface area contributed by atoms with Crippen molar-refractivity contribution in [1.29, 1.82) is 0 Å². The topological polar surface area (TPSA) is 111 Å². The number of methoxy groups -OCH3 is 3. The number of aryl methyl sites for hydroxylation is 1. The highest BCUT2D eigenvalue weighted by atomic mass is 32.1. The second-order valence-corrected chi connectivity index (χ2v) is 9.34. The van der Waals surface area contributed by atoms with Gasteiger partial charge < -0.3 is 19.3 Å². The van der Waals surface area contributed by atoms with Gasteiger partial charge in [0.15, 0.2) is 16.6 Å². The molecule has 1 fully saturated rings. The first-order chi connectivity index (χ1) is 17.9. The number of amides is 1. The fourth-order valence-electron chi connectivity index (χ4n) is 4.39. The summed E-state index contributed by atoms with van der Waals surface area (Å²) in [5.74, 6) is -0.916. The summed E-state index contributed by atoms with van der Waals surface area (Å²) < 4.78 is 17.4. The molecule has 9 nitrogen and oxygen atoms in total. The molecule has 1 aliphatic heterocycles. The van der Waals surface area contributed by atoms with E-state index in [9.17, 15) is 14.7 Å². The van der Waals surface area contributed by atoms with Gasteiger partial charge in [0.05, 0.1) is 43.2 Å². The van der Waals surface area contributed by atoms with E-state index in [4.69, 9.17) is 14.2 Å². The third-order valence-electron chi connectivity index (χ3n) is 6.14. The molecule has 4 aromatic rings. The molecule has 1 atom stereocenters. The number of hydrogen-bond acceptors (Lipinski definition) is 9. The van der Waals surface area contributed by atoms with E-state index in [-0.39, 0.29) is 11.3 Å². The Labute approximate surface area is 216 Å². The number of aromatic nitrogens is 2. The lowest BCUT2D eigenvalue weighted by Crippen LogP contribution is -2.29. The van der Waals surface area contributed by atoms with Gasteiger partial charge in [-0.15, -0.1) is 0 Å². The number of carbonyl (C=O) groups is 2. The quantitative estimate of drug-likeness (QED) is 0.224. The lowest BCUT2D eigenvalue weighted by atomic mass is 9.95. The van der Waals surface area contributed by atoms with Gasteiger partial charge in [0.2, 0.25) is 5.75 Å². The number of rotatable bonds is 6. The average molecular weight is 518 g/mol. The van der Waals surface area contributed by atoms with E-state index in [1.807, 2.05) is 25.1 Å². The number of aliphatic hydroxyl groups is 1. The van der Waals surface area contributed by atoms with Crippen LogP contribution in [0.25, 0.3) is 16.0 Å². The van der Waals surface area contributed by atoms with Gasteiger partial charge >= 0.3 is 5.91 Å². The Bertz CT molecular complexity index is 1540. The van der Waals surface area contributed by atoms with Gasteiger partial charge in [0, 0.05) is 18.0 Å². The maximum atomic E-state index is 13.5. The van der Waals surface area contributed by atoms with Crippen LogP contribution in [0.15, 0.2) is 60.4 Å². The molecule has 37 heavy (non-hydrogen) atoms. The summed E-state index contributed by atoms with van der Waals surface area (Å²) in [5, 5.41) is 11.6. The van der Waals surface area contributed by atoms with Crippen LogP contribution in [-0.2, 0) is 9.59 Å². The number of nitrogens with zero attached hydrogens (tertiary/aromatic N) is 3. The van der Waals surface area contributed by atoms with Gasteiger partial charge in [0.25, 0.3) is 5.78 Å². The molecule has 0 radical (unpaired) electrons. The van der Waals surface area contributed by atoms with E-state index in [1.165, 1.54) is 50.0 Å². The van der Waals surface area contributed by atoms with Crippen molar-refractivity contribution in [2.45, 2.75) is 13.0 Å². The smallest absolute Gasteiger partial charge is 0.301 e. The number of fused-ring (bicyclic) bond motifs is 1. The molecule has 1 saturated heterocycles. The normalized spacial score (nSPS) is 16.9. The average Bonchev–Trinajstić information content (AvgIpc) is 3.45. The number of benzene rings is 2. The number of ether oxygens (including phenoxy) is 3. The highest BCUT2D eigenvalue weighted by molar-refractivity contribution is 7.22. The van der Waals surface area contributed by atoms with Crippen LogP contribution >= 0.6 is 11.3 Å². The molecular weight excluding hydrogens is 494 g/mol. The van der Waals surface area contributed by atoms with Crippen molar-refractivity contribution in [2.75, 3.05) is 26.2 Å². The molecule has 188 valence electrons. The van der Waals surface area contributed by atoms with E-state index >= 15 is 0 Å². The standard InChI is InChI=1S/C27H23N3O6S/c1-14-5-6-17-20(11-14)37-27(29-17)30-22(16-12-18(34-2)25(36-4)19(13-16)35-3)21(24(32)26(30)33)23(31)15-7-9-28-10-8-15/h5-13,22,31H,1-4H3/b23-21+. The molecule has 1 amide bonds. The zero-order chi connectivity index (χ0) is 26.3. The monoisotopic (exact) mass is 517 g/mol. The Balaban J connectivity index is 1.79. The van der Waals surface area contributed by atoms with Gasteiger partial charge in [-0.2, -0.15) is 0 Å². The van der Waals surface area contributed by atoms with Crippen molar-refractivity contribution in [1.82, 2.24) is 9.97 Å². The number of aliphatic hydroxyl groups excluding tert-OH is 1. The van der Waals surface area contributed by atoms with Gasteiger partial charge in [-0.05, 0) is 54.4 Å². The van der Waals surface area contributed by atoms with Gasteiger partial charge in [-0.1, -0.05) is 17.4 Å². The second kappa shape index (κ2) is 9.55. The van der Waals surface area contributed by atoms with Crippen molar-refractivity contribution >= 4 is 44.1 Å². The van der Waals surface area contributed by atoms with Crippen molar-refractivity contribution < 1.29 is 28.9 Å². The Hall–Kier alpha value is -4.44. The van der Waals surface area contributed by atoms with Crippen LogP contribution in [0.1, 0.15) is 22.7 Å².